The molecule has 20 heavy (non-hydrogen) atoms. The van der Waals surface area contributed by atoms with Crippen molar-refractivity contribution < 1.29 is 12.8 Å². The molecule has 0 spiro atoms. The van der Waals surface area contributed by atoms with Crippen LogP contribution in [0.2, 0.25) is 0 Å². The SMILES string of the molecule is Cc1cc(S(=O)(=O)Nc2ccc(Br)cc2F)ccc1N. The lowest BCUT2D eigenvalue weighted by molar-refractivity contribution is 0.598. The Bertz CT molecular complexity index is 763. The number of nitrogen functional groups attached to an aromatic ring is 1. The first kappa shape index (κ1) is 14.8. The van der Waals surface area contributed by atoms with Gasteiger partial charge in [0.1, 0.15) is 5.82 Å². The van der Waals surface area contributed by atoms with E-state index in [4.69, 9.17) is 5.73 Å². The highest BCUT2D eigenvalue weighted by Crippen LogP contribution is 2.23. The van der Waals surface area contributed by atoms with Crippen molar-refractivity contribution in [3.05, 3.63) is 52.3 Å². The van der Waals surface area contributed by atoms with Gasteiger partial charge in [-0.2, -0.15) is 0 Å². The lowest BCUT2D eigenvalue weighted by Gasteiger charge is -2.10. The van der Waals surface area contributed by atoms with Gasteiger partial charge in [-0.3, -0.25) is 4.72 Å². The highest BCUT2D eigenvalue weighted by molar-refractivity contribution is 9.10. The summed E-state index contributed by atoms with van der Waals surface area (Å²) >= 11 is 3.11. The lowest BCUT2D eigenvalue weighted by atomic mass is 10.2. The van der Waals surface area contributed by atoms with Gasteiger partial charge < -0.3 is 5.73 Å². The fourth-order valence-electron chi connectivity index (χ4n) is 1.59. The molecule has 0 fully saturated rings. The Labute approximate surface area is 125 Å². The van der Waals surface area contributed by atoms with Crippen molar-refractivity contribution in [1.29, 1.82) is 0 Å². The summed E-state index contributed by atoms with van der Waals surface area (Å²) in [5, 5.41) is 0. The van der Waals surface area contributed by atoms with Gasteiger partial charge in [-0.05, 0) is 48.9 Å². The van der Waals surface area contributed by atoms with E-state index in [1.807, 2.05) is 0 Å². The number of nitrogens with one attached hydrogen (secondary N) is 1. The maximum atomic E-state index is 13.7. The van der Waals surface area contributed by atoms with Crippen LogP contribution >= 0.6 is 15.9 Å². The molecule has 0 bridgehead atoms. The molecule has 0 saturated heterocycles. The molecule has 106 valence electrons. The molecule has 0 aliphatic heterocycles. The topological polar surface area (TPSA) is 72.2 Å². The van der Waals surface area contributed by atoms with Gasteiger partial charge in [0.05, 0.1) is 10.6 Å². The van der Waals surface area contributed by atoms with Crippen LogP contribution in [0.1, 0.15) is 5.56 Å². The minimum absolute atomic E-state index is 0.0338. The second-order valence-corrected chi connectivity index (χ2v) is 6.85. The molecule has 0 amide bonds. The summed E-state index contributed by atoms with van der Waals surface area (Å²) < 4.78 is 40.7. The lowest BCUT2D eigenvalue weighted by Crippen LogP contribution is -2.14. The van der Waals surface area contributed by atoms with Crippen LogP contribution in [-0.4, -0.2) is 8.42 Å². The molecular formula is C13H12BrFN2O2S. The number of hydrogen-bond donors (Lipinski definition) is 2. The van der Waals surface area contributed by atoms with Gasteiger partial charge in [-0.25, -0.2) is 12.8 Å². The third kappa shape index (κ3) is 3.10. The van der Waals surface area contributed by atoms with E-state index in [9.17, 15) is 12.8 Å². The maximum Gasteiger partial charge on any atom is 0.261 e. The maximum absolute atomic E-state index is 13.7. The second-order valence-electron chi connectivity index (χ2n) is 4.25. The molecule has 7 heteroatoms. The molecule has 0 atom stereocenters. The van der Waals surface area contributed by atoms with Crippen molar-refractivity contribution in [1.82, 2.24) is 0 Å². The number of anilines is 2. The zero-order valence-corrected chi connectivity index (χ0v) is 12.9. The van der Waals surface area contributed by atoms with E-state index >= 15 is 0 Å². The summed E-state index contributed by atoms with van der Waals surface area (Å²) in [5.74, 6) is -0.657. The van der Waals surface area contributed by atoms with Gasteiger partial charge in [0.25, 0.3) is 10.0 Å². The van der Waals surface area contributed by atoms with Crippen molar-refractivity contribution >= 4 is 37.3 Å². The van der Waals surface area contributed by atoms with E-state index in [0.717, 1.165) is 0 Å². The zero-order valence-electron chi connectivity index (χ0n) is 10.5. The summed E-state index contributed by atoms with van der Waals surface area (Å²) in [7, 11) is -3.85. The number of nitrogens with two attached hydrogens (primary N) is 1. The summed E-state index contributed by atoms with van der Waals surface area (Å²) in [4.78, 5) is 0.0338. The molecule has 0 heterocycles. The van der Waals surface area contributed by atoms with Crippen molar-refractivity contribution in [3.63, 3.8) is 0 Å². The Kier molecular flexibility index (Phi) is 4.01. The van der Waals surface area contributed by atoms with Crippen LogP contribution in [0.4, 0.5) is 15.8 Å². The Morgan fingerprint density at radius 1 is 1.20 bits per heavy atom. The molecule has 3 N–H and O–H groups in total. The van der Waals surface area contributed by atoms with Gasteiger partial charge in [0.2, 0.25) is 0 Å². The standard InChI is InChI=1S/C13H12BrFN2O2S/c1-8-6-10(3-4-12(8)16)20(18,19)17-13-5-2-9(14)7-11(13)15/h2-7,17H,16H2,1H3. The number of halogens is 2. The average molecular weight is 359 g/mol. The van der Waals surface area contributed by atoms with E-state index in [0.29, 0.717) is 15.7 Å². The summed E-state index contributed by atoms with van der Waals surface area (Å²) in [5.41, 5.74) is 6.68. The highest BCUT2D eigenvalue weighted by atomic mass is 79.9. The van der Waals surface area contributed by atoms with Gasteiger partial charge in [0, 0.05) is 10.2 Å². The fraction of sp³-hybridized carbons (Fsp3) is 0.0769. The molecule has 2 rings (SSSR count). The van der Waals surface area contributed by atoms with E-state index in [-0.39, 0.29) is 10.6 Å². The van der Waals surface area contributed by atoms with Crippen molar-refractivity contribution in [3.8, 4) is 0 Å². The normalized spacial score (nSPS) is 11.3. The van der Waals surface area contributed by atoms with Crippen LogP contribution in [0.25, 0.3) is 0 Å². The number of aryl methyl sites for hydroxylation is 1. The largest absolute Gasteiger partial charge is 0.399 e. The summed E-state index contributed by atoms with van der Waals surface area (Å²) in [6, 6.07) is 8.40. The number of rotatable bonds is 3. The Morgan fingerprint density at radius 2 is 1.90 bits per heavy atom. The molecule has 4 nitrogen and oxygen atoms in total. The van der Waals surface area contributed by atoms with Crippen molar-refractivity contribution in [2.75, 3.05) is 10.5 Å². The van der Waals surface area contributed by atoms with Crippen LogP contribution < -0.4 is 10.5 Å². The van der Waals surface area contributed by atoms with Crippen LogP contribution in [0, 0.1) is 12.7 Å². The molecular weight excluding hydrogens is 347 g/mol. The zero-order chi connectivity index (χ0) is 14.9. The fourth-order valence-corrected chi connectivity index (χ4v) is 3.08. The van der Waals surface area contributed by atoms with Crippen LogP contribution in [0.15, 0.2) is 45.8 Å². The van der Waals surface area contributed by atoms with E-state index in [1.54, 1.807) is 13.0 Å². The van der Waals surface area contributed by atoms with Crippen LogP contribution in [0.5, 0.6) is 0 Å². The van der Waals surface area contributed by atoms with E-state index < -0.39 is 15.8 Å². The summed E-state index contributed by atoms with van der Waals surface area (Å²) in [6.45, 7) is 1.70. The highest BCUT2D eigenvalue weighted by Gasteiger charge is 2.17. The Balaban J connectivity index is 2.38. The molecule has 0 aliphatic carbocycles. The average Bonchev–Trinajstić information content (AvgIpc) is 2.36. The second kappa shape index (κ2) is 5.41. The van der Waals surface area contributed by atoms with Crippen molar-refractivity contribution in [2.45, 2.75) is 11.8 Å². The molecule has 0 saturated carbocycles. The van der Waals surface area contributed by atoms with Crippen LogP contribution in [0.3, 0.4) is 0 Å². The van der Waals surface area contributed by atoms with Gasteiger partial charge in [-0.1, -0.05) is 15.9 Å². The number of benzene rings is 2. The third-order valence-electron chi connectivity index (χ3n) is 2.73. The van der Waals surface area contributed by atoms with E-state index in [1.165, 1.54) is 30.3 Å². The first-order chi connectivity index (χ1) is 9.29. The van der Waals surface area contributed by atoms with Gasteiger partial charge >= 0.3 is 0 Å². The molecule has 0 unspecified atom stereocenters. The molecule has 0 radical (unpaired) electrons. The predicted octanol–water partition coefficient (Wildman–Crippen LogP) is 3.28. The monoisotopic (exact) mass is 358 g/mol. The minimum Gasteiger partial charge on any atom is -0.399 e. The quantitative estimate of drug-likeness (QED) is 0.827. The number of hydrogen-bond acceptors (Lipinski definition) is 3. The molecule has 2 aromatic rings. The van der Waals surface area contributed by atoms with Crippen LogP contribution in [-0.2, 0) is 10.0 Å². The predicted molar refractivity (Wildman–Crippen MR) is 80.5 cm³/mol. The molecule has 0 aromatic heterocycles. The Hall–Kier alpha value is -1.60. The third-order valence-corrected chi connectivity index (χ3v) is 4.58. The van der Waals surface area contributed by atoms with Crippen molar-refractivity contribution in [2.24, 2.45) is 0 Å². The number of sulfonamides is 1. The first-order valence-corrected chi connectivity index (χ1v) is 7.91. The van der Waals surface area contributed by atoms with Gasteiger partial charge in [-0.15, -0.1) is 0 Å². The van der Waals surface area contributed by atoms with E-state index in [2.05, 4.69) is 20.7 Å². The molecule has 0 aliphatic rings. The summed E-state index contributed by atoms with van der Waals surface area (Å²) in [6.07, 6.45) is 0. The smallest absolute Gasteiger partial charge is 0.261 e. The molecule has 2 aromatic carbocycles. The first-order valence-electron chi connectivity index (χ1n) is 5.63. The van der Waals surface area contributed by atoms with Gasteiger partial charge in [0.15, 0.2) is 0 Å². The Morgan fingerprint density at radius 3 is 2.50 bits per heavy atom. The minimum atomic E-state index is -3.85.